The quantitative estimate of drug-likeness (QED) is 0.556. The van der Waals surface area contributed by atoms with E-state index in [0.29, 0.717) is 5.82 Å². The van der Waals surface area contributed by atoms with Crippen LogP contribution >= 0.6 is 0 Å². The van der Waals surface area contributed by atoms with E-state index >= 15 is 0 Å². The maximum atomic E-state index is 11.5. The second-order valence-corrected chi connectivity index (χ2v) is 9.55. The first-order valence-electron chi connectivity index (χ1n) is 12.2. The van der Waals surface area contributed by atoms with Crippen molar-refractivity contribution in [2.24, 2.45) is 11.1 Å². The monoisotopic (exact) mass is 468 g/mol. The van der Waals surface area contributed by atoms with E-state index in [4.69, 9.17) is 5.73 Å². The van der Waals surface area contributed by atoms with Crippen molar-refractivity contribution in [1.82, 2.24) is 25.0 Å². The highest BCUT2D eigenvalue weighted by molar-refractivity contribution is 5.88. The molecule has 180 valence electrons. The van der Waals surface area contributed by atoms with Crippen LogP contribution in [0.4, 0.5) is 0 Å². The molecule has 1 aliphatic heterocycles. The fraction of sp³-hybridized carbons (Fsp3) is 0.321. The molecule has 7 nitrogen and oxygen atoms in total. The molecule has 2 aliphatic rings. The normalized spacial score (nSPS) is 20.5. The predicted molar refractivity (Wildman–Crippen MR) is 138 cm³/mol. The molecule has 7 heteroatoms. The molecule has 35 heavy (non-hydrogen) atoms. The standard InChI is InChI=1S/C28H32N6O/c1-21-31-27(26(29)35)32-34(21)25-9-7-22(8-10-25)19-28(20-33-17-15-30-16-18-33)13-11-24(12-14-28)23-5-3-2-4-6-23/h2-13,30H,14-20H2,1H3,(H2,29,35). The lowest BCUT2D eigenvalue weighted by Gasteiger charge is -2.39. The molecular weight excluding hydrogens is 436 g/mol. The van der Waals surface area contributed by atoms with Crippen LogP contribution in [-0.4, -0.2) is 58.3 Å². The van der Waals surface area contributed by atoms with Gasteiger partial charge >= 0.3 is 0 Å². The van der Waals surface area contributed by atoms with Crippen LogP contribution in [0.5, 0.6) is 0 Å². The van der Waals surface area contributed by atoms with E-state index in [9.17, 15) is 4.79 Å². The maximum Gasteiger partial charge on any atom is 0.288 e. The minimum Gasteiger partial charge on any atom is -0.363 e. The number of hydrogen-bond acceptors (Lipinski definition) is 5. The smallest absolute Gasteiger partial charge is 0.288 e. The van der Waals surface area contributed by atoms with Gasteiger partial charge in [-0.15, -0.1) is 5.10 Å². The molecule has 1 unspecified atom stereocenters. The second-order valence-electron chi connectivity index (χ2n) is 9.55. The zero-order valence-electron chi connectivity index (χ0n) is 20.2. The molecule has 0 radical (unpaired) electrons. The number of nitrogens with two attached hydrogens (primary N) is 1. The Morgan fingerprint density at radius 3 is 2.46 bits per heavy atom. The van der Waals surface area contributed by atoms with Gasteiger partial charge < -0.3 is 11.1 Å². The van der Waals surface area contributed by atoms with Crippen LogP contribution in [-0.2, 0) is 6.42 Å². The Balaban J connectivity index is 1.37. The zero-order chi connectivity index (χ0) is 24.3. The van der Waals surface area contributed by atoms with Crippen molar-refractivity contribution in [3.8, 4) is 5.69 Å². The lowest BCUT2D eigenvalue weighted by Crippen LogP contribution is -2.48. The molecule has 2 aromatic carbocycles. The Kier molecular flexibility index (Phi) is 6.61. The number of hydrogen-bond donors (Lipinski definition) is 2. The van der Waals surface area contributed by atoms with E-state index in [-0.39, 0.29) is 11.2 Å². The van der Waals surface area contributed by atoms with Crippen molar-refractivity contribution in [1.29, 1.82) is 0 Å². The Labute approximate surface area is 206 Å². The number of carbonyl (C=O) groups excluding carboxylic acids is 1. The highest BCUT2D eigenvalue weighted by Gasteiger charge is 2.32. The number of primary amides is 1. The minimum absolute atomic E-state index is 0.0369. The number of nitrogens with one attached hydrogen (secondary N) is 1. The summed E-state index contributed by atoms with van der Waals surface area (Å²) in [4.78, 5) is 18.2. The van der Waals surface area contributed by atoms with Gasteiger partial charge in [-0.25, -0.2) is 9.67 Å². The number of allylic oxidation sites excluding steroid dienone is 3. The number of aromatic nitrogens is 3. The number of nitrogens with zero attached hydrogens (tertiary/aromatic N) is 4. The van der Waals surface area contributed by atoms with Gasteiger partial charge in [-0.05, 0) is 48.6 Å². The maximum absolute atomic E-state index is 11.5. The van der Waals surface area contributed by atoms with E-state index < -0.39 is 5.91 Å². The summed E-state index contributed by atoms with van der Waals surface area (Å²) in [6.07, 6.45) is 9.10. The van der Waals surface area contributed by atoms with E-state index in [1.54, 1.807) is 4.68 Å². The third kappa shape index (κ3) is 5.26. The summed E-state index contributed by atoms with van der Waals surface area (Å²) >= 11 is 0. The first-order valence-corrected chi connectivity index (χ1v) is 12.2. The molecule has 1 aliphatic carbocycles. The third-order valence-electron chi connectivity index (χ3n) is 6.93. The molecule has 0 spiro atoms. The Morgan fingerprint density at radius 2 is 1.83 bits per heavy atom. The van der Waals surface area contributed by atoms with Crippen LogP contribution in [0, 0.1) is 12.3 Å². The Morgan fingerprint density at radius 1 is 1.09 bits per heavy atom. The summed E-state index contributed by atoms with van der Waals surface area (Å²) in [5.41, 5.74) is 10.1. The SMILES string of the molecule is Cc1nc(C(N)=O)nn1-c1ccc(CC2(CN3CCNCC3)C=CC(c3ccccc3)=CC2)cc1. The summed E-state index contributed by atoms with van der Waals surface area (Å²) in [5, 5.41) is 7.72. The van der Waals surface area contributed by atoms with Crippen LogP contribution in [0.2, 0.25) is 0 Å². The van der Waals surface area contributed by atoms with Crippen molar-refractivity contribution in [2.75, 3.05) is 32.7 Å². The van der Waals surface area contributed by atoms with Gasteiger partial charge in [-0.3, -0.25) is 9.69 Å². The molecule has 0 bridgehead atoms. The van der Waals surface area contributed by atoms with Gasteiger partial charge in [0.2, 0.25) is 5.82 Å². The van der Waals surface area contributed by atoms with E-state index in [1.165, 1.54) is 16.7 Å². The molecule has 3 aromatic rings. The molecule has 3 N–H and O–H groups in total. The van der Waals surface area contributed by atoms with Crippen molar-refractivity contribution in [3.05, 3.63) is 95.6 Å². The van der Waals surface area contributed by atoms with Gasteiger partial charge in [0, 0.05) is 38.1 Å². The molecule has 1 aromatic heterocycles. The molecule has 1 atom stereocenters. The summed E-state index contributed by atoms with van der Waals surface area (Å²) in [5.74, 6) is 0.0516. The largest absolute Gasteiger partial charge is 0.363 e. The lowest BCUT2D eigenvalue weighted by atomic mass is 9.74. The van der Waals surface area contributed by atoms with Crippen molar-refractivity contribution in [3.63, 3.8) is 0 Å². The zero-order valence-corrected chi connectivity index (χ0v) is 20.2. The van der Waals surface area contributed by atoms with E-state index in [0.717, 1.165) is 51.3 Å². The first kappa shape index (κ1) is 23.2. The molecule has 1 amide bonds. The molecule has 5 rings (SSSR count). The van der Waals surface area contributed by atoms with Gasteiger partial charge in [0.05, 0.1) is 5.69 Å². The van der Waals surface area contributed by atoms with Gasteiger partial charge in [0.1, 0.15) is 5.82 Å². The first-order chi connectivity index (χ1) is 17.0. The van der Waals surface area contributed by atoms with Gasteiger partial charge in [0.15, 0.2) is 0 Å². The second kappa shape index (κ2) is 9.98. The molecule has 0 saturated carbocycles. The van der Waals surface area contributed by atoms with Crippen LogP contribution < -0.4 is 11.1 Å². The van der Waals surface area contributed by atoms with Crippen molar-refractivity contribution < 1.29 is 4.79 Å². The minimum atomic E-state index is -0.620. The third-order valence-corrected chi connectivity index (χ3v) is 6.93. The topological polar surface area (TPSA) is 89.1 Å². The Hall–Kier alpha value is -3.55. The van der Waals surface area contributed by atoms with Gasteiger partial charge in [-0.2, -0.15) is 0 Å². The highest BCUT2D eigenvalue weighted by atomic mass is 16.1. The van der Waals surface area contributed by atoms with Crippen LogP contribution in [0.1, 0.15) is 34.0 Å². The average Bonchev–Trinajstić information content (AvgIpc) is 3.28. The van der Waals surface area contributed by atoms with Crippen molar-refractivity contribution >= 4 is 11.5 Å². The highest BCUT2D eigenvalue weighted by Crippen LogP contribution is 2.37. The number of amides is 1. The predicted octanol–water partition coefficient (Wildman–Crippen LogP) is 3.15. The number of piperazine rings is 1. The fourth-order valence-corrected chi connectivity index (χ4v) is 5.08. The van der Waals surface area contributed by atoms with Gasteiger partial charge in [0.25, 0.3) is 5.91 Å². The number of benzene rings is 2. The van der Waals surface area contributed by atoms with Crippen LogP contribution in [0.15, 0.2) is 72.8 Å². The number of carbonyl (C=O) groups is 1. The van der Waals surface area contributed by atoms with Crippen LogP contribution in [0.3, 0.4) is 0 Å². The average molecular weight is 469 g/mol. The van der Waals surface area contributed by atoms with Gasteiger partial charge in [-0.1, -0.05) is 60.7 Å². The Bertz CT molecular complexity index is 1240. The number of aryl methyl sites for hydroxylation is 1. The van der Waals surface area contributed by atoms with Crippen LogP contribution in [0.25, 0.3) is 11.3 Å². The molecule has 2 heterocycles. The molecule has 1 saturated heterocycles. The summed E-state index contributed by atoms with van der Waals surface area (Å²) < 4.78 is 1.66. The van der Waals surface area contributed by atoms with Crippen molar-refractivity contribution in [2.45, 2.75) is 19.8 Å². The molecule has 1 fully saturated rings. The van der Waals surface area contributed by atoms with E-state index in [2.05, 4.69) is 81.0 Å². The van der Waals surface area contributed by atoms with E-state index in [1.807, 2.05) is 19.1 Å². The summed E-state index contributed by atoms with van der Waals surface area (Å²) in [6, 6.07) is 19.0. The molecular formula is C28H32N6O. The fourth-order valence-electron chi connectivity index (χ4n) is 5.08. The number of rotatable bonds is 7. The lowest BCUT2D eigenvalue weighted by molar-refractivity contribution is 0.0990. The summed E-state index contributed by atoms with van der Waals surface area (Å²) in [6.45, 7) is 7.11. The summed E-state index contributed by atoms with van der Waals surface area (Å²) in [7, 11) is 0.